The summed E-state index contributed by atoms with van der Waals surface area (Å²) in [6.45, 7) is 6.82. The highest BCUT2D eigenvalue weighted by molar-refractivity contribution is 7.13. The first kappa shape index (κ1) is 11.9. The molecular formula is C12H21N3S. The predicted octanol–water partition coefficient (Wildman–Crippen LogP) is 2.66. The van der Waals surface area contributed by atoms with E-state index >= 15 is 0 Å². The molecule has 2 rings (SSSR count). The minimum absolute atomic E-state index is 0.354. The summed E-state index contributed by atoms with van der Waals surface area (Å²) >= 11 is 1.78. The van der Waals surface area contributed by atoms with Gasteiger partial charge in [-0.2, -0.15) is 0 Å². The molecule has 0 spiro atoms. The van der Waals surface area contributed by atoms with E-state index in [2.05, 4.69) is 29.4 Å². The predicted molar refractivity (Wildman–Crippen MR) is 70.2 cm³/mol. The number of hydrogen-bond acceptors (Lipinski definition) is 4. The van der Waals surface area contributed by atoms with Crippen molar-refractivity contribution in [2.75, 3.05) is 25.0 Å². The van der Waals surface area contributed by atoms with Crippen LogP contribution in [0.2, 0.25) is 0 Å². The van der Waals surface area contributed by atoms with E-state index in [1.165, 1.54) is 36.8 Å². The molecule has 0 saturated carbocycles. The minimum Gasteiger partial charge on any atom is -0.348 e. The lowest BCUT2D eigenvalue weighted by Gasteiger charge is -2.30. The second kappa shape index (κ2) is 5.15. The molecule has 1 aromatic rings. The van der Waals surface area contributed by atoms with Crippen LogP contribution in [0.3, 0.4) is 0 Å². The van der Waals surface area contributed by atoms with Crippen LogP contribution in [-0.4, -0.2) is 25.1 Å². The molecule has 0 aliphatic carbocycles. The highest BCUT2D eigenvalue weighted by Crippen LogP contribution is 2.27. The first-order chi connectivity index (χ1) is 7.70. The molecule has 1 saturated heterocycles. The summed E-state index contributed by atoms with van der Waals surface area (Å²) < 4.78 is 0. The summed E-state index contributed by atoms with van der Waals surface area (Å²) in [6.07, 6.45) is 2.67. The van der Waals surface area contributed by atoms with Crippen molar-refractivity contribution in [2.24, 2.45) is 5.92 Å². The molecule has 1 aliphatic rings. The van der Waals surface area contributed by atoms with Crippen LogP contribution in [0.4, 0.5) is 5.13 Å². The first-order valence-corrected chi connectivity index (χ1v) is 6.96. The van der Waals surface area contributed by atoms with Gasteiger partial charge in [-0.3, -0.25) is 0 Å². The summed E-state index contributed by atoms with van der Waals surface area (Å²) in [6, 6.07) is 0.354. The molecule has 3 nitrogen and oxygen atoms in total. The van der Waals surface area contributed by atoms with Gasteiger partial charge in [-0.15, -0.1) is 11.3 Å². The quantitative estimate of drug-likeness (QED) is 0.879. The van der Waals surface area contributed by atoms with Gasteiger partial charge in [0.15, 0.2) is 5.13 Å². The van der Waals surface area contributed by atoms with E-state index in [0.717, 1.165) is 5.92 Å². The molecule has 2 heterocycles. The van der Waals surface area contributed by atoms with Crippen molar-refractivity contribution >= 4 is 16.5 Å². The Hall–Kier alpha value is -0.610. The molecule has 0 bridgehead atoms. The minimum atomic E-state index is 0.354. The van der Waals surface area contributed by atoms with E-state index in [9.17, 15) is 0 Å². The monoisotopic (exact) mass is 239 g/mol. The average Bonchev–Trinajstić information content (AvgIpc) is 2.77. The number of anilines is 1. The molecule has 2 atom stereocenters. The number of nitrogens with zero attached hydrogens (tertiary/aromatic N) is 2. The summed E-state index contributed by atoms with van der Waals surface area (Å²) in [5.41, 5.74) is 1.17. The van der Waals surface area contributed by atoms with Gasteiger partial charge in [0.2, 0.25) is 0 Å². The lowest BCUT2D eigenvalue weighted by molar-refractivity contribution is 0.446. The van der Waals surface area contributed by atoms with Crippen LogP contribution in [0.25, 0.3) is 0 Å². The van der Waals surface area contributed by atoms with E-state index in [0.29, 0.717) is 6.04 Å². The normalized spacial score (nSPS) is 23.4. The van der Waals surface area contributed by atoms with Gasteiger partial charge in [-0.1, -0.05) is 6.92 Å². The Morgan fingerprint density at radius 3 is 3.12 bits per heavy atom. The maximum atomic E-state index is 4.72. The zero-order valence-electron chi connectivity index (χ0n) is 10.4. The van der Waals surface area contributed by atoms with Crippen molar-refractivity contribution in [3.8, 4) is 0 Å². The number of hydrogen-bond donors (Lipinski definition) is 1. The summed E-state index contributed by atoms with van der Waals surface area (Å²) in [7, 11) is 1.98. The number of piperidine rings is 1. The molecule has 1 fully saturated rings. The van der Waals surface area contributed by atoms with Gasteiger partial charge in [-0.25, -0.2) is 4.98 Å². The molecule has 0 amide bonds. The van der Waals surface area contributed by atoms with E-state index in [1.54, 1.807) is 11.3 Å². The molecule has 1 aliphatic heterocycles. The van der Waals surface area contributed by atoms with Crippen molar-refractivity contribution in [1.82, 2.24) is 10.3 Å². The molecule has 1 aromatic heterocycles. The van der Waals surface area contributed by atoms with Gasteiger partial charge in [0, 0.05) is 24.5 Å². The van der Waals surface area contributed by atoms with Crippen molar-refractivity contribution in [3.63, 3.8) is 0 Å². The Morgan fingerprint density at radius 1 is 1.62 bits per heavy atom. The average molecular weight is 239 g/mol. The van der Waals surface area contributed by atoms with Crippen LogP contribution < -0.4 is 10.2 Å². The van der Waals surface area contributed by atoms with Crippen molar-refractivity contribution < 1.29 is 0 Å². The summed E-state index contributed by atoms with van der Waals surface area (Å²) in [5, 5.41) is 6.61. The lowest BCUT2D eigenvalue weighted by atomic mass is 10.0. The third-order valence-electron chi connectivity index (χ3n) is 3.31. The molecule has 2 unspecified atom stereocenters. The van der Waals surface area contributed by atoms with Crippen molar-refractivity contribution in [2.45, 2.75) is 32.7 Å². The lowest BCUT2D eigenvalue weighted by Crippen LogP contribution is -2.34. The fraction of sp³-hybridized carbons (Fsp3) is 0.750. The van der Waals surface area contributed by atoms with Gasteiger partial charge in [0.25, 0.3) is 0 Å². The van der Waals surface area contributed by atoms with Gasteiger partial charge < -0.3 is 10.2 Å². The zero-order valence-corrected chi connectivity index (χ0v) is 11.2. The Labute approximate surface area is 102 Å². The highest BCUT2D eigenvalue weighted by atomic mass is 32.1. The highest BCUT2D eigenvalue weighted by Gasteiger charge is 2.19. The Balaban J connectivity index is 2.06. The smallest absolute Gasteiger partial charge is 0.185 e. The number of thiazole rings is 1. The SMILES string of the molecule is CNC(C)c1csc(N2CCCC(C)C2)n1. The van der Waals surface area contributed by atoms with Gasteiger partial charge >= 0.3 is 0 Å². The topological polar surface area (TPSA) is 28.2 Å². The molecule has 90 valence electrons. The molecule has 16 heavy (non-hydrogen) atoms. The Morgan fingerprint density at radius 2 is 2.44 bits per heavy atom. The summed E-state index contributed by atoms with van der Waals surface area (Å²) in [4.78, 5) is 7.16. The third-order valence-corrected chi connectivity index (χ3v) is 4.23. The third kappa shape index (κ3) is 2.55. The fourth-order valence-electron chi connectivity index (χ4n) is 2.13. The second-order valence-electron chi connectivity index (χ2n) is 4.76. The van der Waals surface area contributed by atoms with Crippen LogP contribution in [0, 0.1) is 5.92 Å². The molecule has 0 radical (unpaired) electrons. The van der Waals surface area contributed by atoms with E-state index in [1.807, 2.05) is 7.05 Å². The van der Waals surface area contributed by atoms with Crippen molar-refractivity contribution in [1.29, 1.82) is 0 Å². The first-order valence-electron chi connectivity index (χ1n) is 6.08. The molecule has 0 aromatic carbocycles. The largest absolute Gasteiger partial charge is 0.348 e. The van der Waals surface area contributed by atoms with E-state index in [-0.39, 0.29) is 0 Å². The van der Waals surface area contributed by atoms with Gasteiger partial charge in [0.1, 0.15) is 0 Å². The van der Waals surface area contributed by atoms with Crippen LogP contribution >= 0.6 is 11.3 Å². The number of aromatic nitrogens is 1. The Kier molecular flexibility index (Phi) is 3.82. The van der Waals surface area contributed by atoms with Gasteiger partial charge in [-0.05, 0) is 32.7 Å². The van der Waals surface area contributed by atoms with E-state index in [4.69, 9.17) is 4.98 Å². The van der Waals surface area contributed by atoms with Crippen LogP contribution in [0.15, 0.2) is 5.38 Å². The molecular weight excluding hydrogens is 218 g/mol. The van der Waals surface area contributed by atoms with Crippen molar-refractivity contribution in [3.05, 3.63) is 11.1 Å². The zero-order chi connectivity index (χ0) is 11.5. The van der Waals surface area contributed by atoms with Crippen LogP contribution in [0.5, 0.6) is 0 Å². The van der Waals surface area contributed by atoms with Crippen LogP contribution in [-0.2, 0) is 0 Å². The number of nitrogens with one attached hydrogen (secondary N) is 1. The summed E-state index contributed by atoms with van der Waals surface area (Å²) in [5.74, 6) is 0.808. The molecule has 4 heteroatoms. The maximum absolute atomic E-state index is 4.72. The van der Waals surface area contributed by atoms with Gasteiger partial charge in [0.05, 0.1) is 5.69 Å². The second-order valence-corrected chi connectivity index (χ2v) is 5.60. The molecule has 1 N–H and O–H groups in total. The standard InChI is InChI=1S/C12H21N3S/c1-9-5-4-6-15(7-9)12-14-11(8-16-12)10(2)13-3/h8-10,13H,4-7H2,1-3H3. The maximum Gasteiger partial charge on any atom is 0.185 e. The van der Waals surface area contributed by atoms with Crippen LogP contribution in [0.1, 0.15) is 38.4 Å². The van der Waals surface area contributed by atoms with E-state index < -0.39 is 0 Å². The number of rotatable bonds is 3. The fourth-order valence-corrected chi connectivity index (χ4v) is 3.09. The Bertz CT molecular complexity index is 337.